The molecule has 3 N–H and O–H groups in total. The minimum atomic E-state index is -4.61. The number of rotatable bonds is 18. The SMILES string of the molecule is N#CCCCCNS(=O)(=O)c1cccc(S(=O)(=O)NCCCCC#N)c1S(=O)(=O)NCCCCC#N. The maximum atomic E-state index is 13.2. The van der Waals surface area contributed by atoms with E-state index >= 15 is 0 Å². The molecule has 1 rings (SSSR count). The normalized spacial score (nSPS) is 11.9. The van der Waals surface area contributed by atoms with E-state index in [2.05, 4.69) is 14.2 Å². The van der Waals surface area contributed by atoms with Crippen molar-refractivity contribution in [3.63, 3.8) is 0 Å². The highest BCUT2D eigenvalue weighted by molar-refractivity contribution is 7.94. The van der Waals surface area contributed by atoms with Crippen LogP contribution in [0.3, 0.4) is 0 Å². The van der Waals surface area contributed by atoms with Gasteiger partial charge >= 0.3 is 0 Å². The number of nitrogens with zero attached hydrogens (tertiary/aromatic N) is 3. The quantitative estimate of drug-likeness (QED) is 0.223. The highest BCUT2D eigenvalue weighted by Crippen LogP contribution is 2.28. The Morgan fingerprint density at radius 1 is 0.556 bits per heavy atom. The van der Waals surface area contributed by atoms with Gasteiger partial charge in [0.05, 0.1) is 18.2 Å². The van der Waals surface area contributed by atoms with Crippen LogP contribution in [-0.4, -0.2) is 44.9 Å². The van der Waals surface area contributed by atoms with Gasteiger partial charge in [-0.3, -0.25) is 0 Å². The summed E-state index contributed by atoms with van der Waals surface area (Å²) in [6.07, 6.45) is 2.86. The summed E-state index contributed by atoms with van der Waals surface area (Å²) in [6, 6.07) is 8.96. The molecule has 0 aliphatic heterocycles. The number of nitrogens with one attached hydrogen (secondary N) is 3. The molecule has 0 amide bonds. The lowest BCUT2D eigenvalue weighted by molar-refractivity contribution is 0.553. The molecule has 0 heterocycles. The summed E-state index contributed by atoms with van der Waals surface area (Å²) in [5, 5.41) is 25.8. The van der Waals surface area contributed by atoms with E-state index in [-0.39, 0.29) is 45.3 Å². The third-order valence-electron chi connectivity index (χ3n) is 4.81. The Balaban J connectivity index is 3.39. The molecule has 0 atom stereocenters. The summed E-state index contributed by atoms with van der Waals surface area (Å²) < 4.78 is 85.2. The molecule has 12 nitrogen and oxygen atoms in total. The van der Waals surface area contributed by atoms with Gasteiger partial charge in [-0.2, -0.15) is 15.8 Å². The molecule has 0 saturated carbocycles. The number of nitriles is 3. The molecule has 0 aromatic heterocycles. The first-order valence-electron chi connectivity index (χ1n) is 11.3. The summed E-state index contributed by atoms with van der Waals surface area (Å²) in [4.78, 5) is -2.35. The molecule has 0 bridgehead atoms. The zero-order chi connectivity index (χ0) is 27.1. The minimum absolute atomic E-state index is 0.0702. The van der Waals surface area contributed by atoms with Crippen molar-refractivity contribution in [2.24, 2.45) is 0 Å². The fraction of sp³-hybridized carbons (Fsp3) is 0.571. The Bertz CT molecular complexity index is 1230. The summed E-state index contributed by atoms with van der Waals surface area (Å²) >= 11 is 0. The van der Waals surface area contributed by atoms with Crippen LogP contribution in [0, 0.1) is 34.0 Å². The molecule has 198 valence electrons. The molecule has 0 aliphatic carbocycles. The van der Waals surface area contributed by atoms with Gasteiger partial charge in [0.2, 0.25) is 30.1 Å². The highest BCUT2D eigenvalue weighted by Gasteiger charge is 2.33. The largest absolute Gasteiger partial charge is 0.243 e. The van der Waals surface area contributed by atoms with Gasteiger partial charge in [0.15, 0.2) is 0 Å². The number of hydrogen-bond donors (Lipinski definition) is 3. The maximum absolute atomic E-state index is 13.2. The zero-order valence-electron chi connectivity index (χ0n) is 19.7. The molecular formula is C21H30N6O6S3. The third-order valence-corrected chi connectivity index (χ3v) is 9.64. The van der Waals surface area contributed by atoms with Gasteiger partial charge < -0.3 is 0 Å². The lowest BCUT2D eigenvalue weighted by atomic mass is 10.2. The van der Waals surface area contributed by atoms with Crippen molar-refractivity contribution < 1.29 is 25.3 Å². The van der Waals surface area contributed by atoms with Crippen LogP contribution in [0.15, 0.2) is 32.9 Å². The second kappa shape index (κ2) is 15.5. The van der Waals surface area contributed by atoms with E-state index in [1.165, 1.54) is 0 Å². The molecular weight excluding hydrogens is 528 g/mol. The first-order chi connectivity index (χ1) is 17.0. The molecule has 36 heavy (non-hydrogen) atoms. The fourth-order valence-electron chi connectivity index (χ4n) is 3.02. The molecule has 0 aliphatic rings. The Morgan fingerprint density at radius 2 is 0.889 bits per heavy atom. The molecule has 0 spiro atoms. The van der Waals surface area contributed by atoms with Crippen LogP contribution >= 0.6 is 0 Å². The van der Waals surface area contributed by atoms with Gasteiger partial charge in [-0.15, -0.1) is 0 Å². The monoisotopic (exact) mass is 558 g/mol. The maximum Gasteiger partial charge on any atom is 0.243 e. The highest BCUT2D eigenvalue weighted by atomic mass is 32.2. The van der Waals surface area contributed by atoms with Crippen LogP contribution in [0.4, 0.5) is 0 Å². The van der Waals surface area contributed by atoms with Crippen LogP contribution in [-0.2, 0) is 30.1 Å². The average Bonchev–Trinajstić information content (AvgIpc) is 2.83. The van der Waals surface area contributed by atoms with Gasteiger partial charge in [0.25, 0.3) is 0 Å². The van der Waals surface area contributed by atoms with Crippen molar-refractivity contribution in [2.45, 2.75) is 72.5 Å². The Kier molecular flexibility index (Phi) is 13.6. The second-order valence-corrected chi connectivity index (χ2v) is 12.8. The second-order valence-electron chi connectivity index (χ2n) is 7.62. The standard InChI is InChI=1S/C21H30N6O6S3/c22-13-4-1-7-16-25-34(28,29)19-11-10-12-20(35(30,31)26-17-8-2-5-14-23)21(19)36(32,33)27-18-9-3-6-15-24/h10-12,25-27H,1-9,16-18H2. The van der Waals surface area contributed by atoms with Gasteiger partial charge in [0, 0.05) is 38.9 Å². The van der Waals surface area contributed by atoms with Crippen molar-refractivity contribution in [1.29, 1.82) is 15.8 Å². The first-order valence-corrected chi connectivity index (χ1v) is 15.7. The fourth-order valence-corrected chi connectivity index (χ4v) is 7.98. The summed E-state index contributed by atoms with van der Waals surface area (Å²) in [5.41, 5.74) is 0. The Morgan fingerprint density at radius 3 is 1.22 bits per heavy atom. The van der Waals surface area contributed by atoms with E-state index in [0.29, 0.717) is 32.1 Å². The van der Waals surface area contributed by atoms with Crippen molar-refractivity contribution in [3.8, 4) is 18.2 Å². The molecule has 0 radical (unpaired) electrons. The summed E-state index contributed by atoms with van der Waals surface area (Å²) in [7, 11) is -13.5. The first kappa shape index (κ1) is 31.4. The van der Waals surface area contributed by atoms with Gasteiger partial charge in [-0.25, -0.2) is 39.4 Å². The zero-order valence-corrected chi connectivity index (χ0v) is 22.2. The van der Waals surface area contributed by atoms with Crippen molar-refractivity contribution in [3.05, 3.63) is 18.2 Å². The van der Waals surface area contributed by atoms with E-state index in [4.69, 9.17) is 15.8 Å². The molecule has 15 heteroatoms. The van der Waals surface area contributed by atoms with E-state index in [9.17, 15) is 25.3 Å². The van der Waals surface area contributed by atoms with Gasteiger partial charge in [-0.05, 0) is 50.7 Å². The summed E-state index contributed by atoms with van der Waals surface area (Å²) in [6.45, 7) is -0.264. The smallest absolute Gasteiger partial charge is 0.211 e. The Labute approximate surface area is 213 Å². The lowest BCUT2D eigenvalue weighted by Crippen LogP contribution is -2.33. The Hall–Kier alpha value is -2.58. The molecule has 1 aromatic rings. The van der Waals surface area contributed by atoms with Crippen LogP contribution in [0.2, 0.25) is 0 Å². The number of hydrogen-bond acceptors (Lipinski definition) is 9. The van der Waals surface area contributed by atoms with Crippen molar-refractivity contribution in [1.82, 2.24) is 14.2 Å². The third kappa shape index (κ3) is 10.2. The molecule has 0 fully saturated rings. The minimum Gasteiger partial charge on any atom is -0.211 e. The van der Waals surface area contributed by atoms with Crippen LogP contribution in [0.1, 0.15) is 57.8 Å². The van der Waals surface area contributed by atoms with E-state index in [1.54, 1.807) is 0 Å². The van der Waals surface area contributed by atoms with E-state index in [1.807, 2.05) is 18.2 Å². The molecule has 0 unspecified atom stereocenters. The van der Waals surface area contributed by atoms with Crippen molar-refractivity contribution >= 4 is 30.1 Å². The molecule has 1 aromatic carbocycles. The summed E-state index contributed by atoms with van der Waals surface area (Å²) in [5.74, 6) is 0. The number of benzene rings is 1. The van der Waals surface area contributed by atoms with E-state index in [0.717, 1.165) is 18.2 Å². The van der Waals surface area contributed by atoms with Crippen LogP contribution < -0.4 is 14.2 Å². The van der Waals surface area contributed by atoms with E-state index < -0.39 is 44.8 Å². The van der Waals surface area contributed by atoms with Crippen LogP contribution in [0.5, 0.6) is 0 Å². The number of sulfonamides is 3. The average molecular weight is 559 g/mol. The number of unbranched alkanes of at least 4 members (excludes halogenated alkanes) is 6. The topological polar surface area (TPSA) is 210 Å². The van der Waals surface area contributed by atoms with Gasteiger partial charge in [0.1, 0.15) is 14.7 Å². The predicted molar refractivity (Wildman–Crippen MR) is 130 cm³/mol. The van der Waals surface area contributed by atoms with Crippen LogP contribution in [0.25, 0.3) is 0 Å². The van der Waals surface area contributed by atoms with Crippen molar-refractivity contribution in [2.75, 3.05) is 19.6 Å². The van der Waals surface area contributed by atoms with Gasteiger partial charge in [-0.1, -0.05) is 6.07 Å². The predicted octanol–water partition coefficient (Wildman–Crippen LogP) is 1.60. The lowest BCUT2D eigenvalue weighted by Gasteiger charge is -2.17. The molecule has 0 saturated heterocycles.